The van der Waals surface area contributed by atoms with Crippen molar-refractivity contribution in [2.45, 2.75) is 6.42 Å². The van der Waals surface area contributed by atoms with Gasteiger partial charge < -0.3 is 15.2 Å². The van der Waals surface area contributed by atoms with Gasteiger partial charge in [0.15, 0.2) is 0 Å². The topological polar surface area (TPSA) is 88.5 Å². The maximum Gasteiger partial charge on any atom is 0.307 e. The third-order valence-corrected chi connectivity index (χ3v) is 5.05. The highest BCUT2D eigenvalue weighted by Crippen LogP contribution is 2.48. The predicted molar refractivity (Wildman–Crippen MR) is 94.7 cm³/mol. The van der Waals surface area contributed by atoms with Crippen LogP contribution in [0.25, 0.3) is 0 Å². The minimum absolute atomic E-state index is 0.00963. The number of rotatable bonds is 5. The van der Waals surface area contributed by atoms with Crippen molar-refractivity contribution in [3.8, 4) is 11.5 Å². The molecule has 0 unspecified atom stereocenters. The van der Waals surface area contributed by atoms with Gasteiger partial charge in [0.1, 0.15) is 11.5 Å². The summed E-state index contributed by atoms with van der Waals surface area (Å²) < 4.78 is 5.69. The van der Waals surface area contributed by atoms with E-state index in [1.807, 2.05) is 12.2 Å². The number of nitrogens with zero attached hydrogens (tertiary/aromatic N) is 1. The van der Waals surface area contributed by atoms with E-state index in [1.54, 1.807) is 48.8 Å². The SMILES string of the molecule is O=C(O)[C@@H]1[C@@H](C(=O)Nc2ccc(Oc3ccncc3)cc2)[C@H]2C=C[C@H]1C2. The molecule has 0 saturated heterocycles. The molecule has 6 heteroatoms. The molecule has 1 aromatic carbocycles. The molecule has 0 spiro atoms. The maximum atomic E-state index is 12.6. The number of carboxylic acids is 1. The van der Waals surface area contributed by atoms with E-state index in [0.29, 0.717) is 17.2 Å². The second-order valence-electron chi connectivity index (χ2n) is 6.64. The number of nitrogens with one attached hydrogen (secondary N) is 1. The third-order valence-electron chi connectivity index (χ3n) is 5.05. The van der Waals surface area contributed by atoms with E-state index in [2.05, 4.69) is 10.3 Å². The van der Waals surface area contributed by atoms with Crippen LogP contribution in [-0.4, -0.2) is 22.0 Å². The van der Waals surface area contributed by atoms with Gasteiger partial charge in [-0.3, -0.25) is 14.6 Å². The fourth-order valence-corrected chi connectivity index (χ4v) is 3.89. The first-order valence-corrected chi connectivity index (χ1v) is 8.52. The highest BCUT2D eigenvalue weighted by molar-refractivity contribution is 5.96. The van der Waals surface area contributed by atoms with E-state index in [1.165, 1.54) is 0 Å². The summed E-state index contributed by atoms with van der Waals surface area (Å²) in [4.78, 5) is 28.1. The van der Waals surface area contributed by atoms with Crippen molar-refractivity contribution in [1.82, 2.24) is 4.98 Å². The van der Waals surface area contributed by atoms with Crippen LogP contribution in [0.4, 0.5) is 5.69 Å². The van der Waals surface area contributed by atoms with Gasteiger partial charge in [-0.05, 0) is 54.7 Å². The predicted octanol–water partition coefficient (Wildman–Crippen LogP) is 3.34. The molecular formula is C20H18N2O4. The fourth-order valence-electron chi connectivity index (χ4n) is 3.89. The number of pyridine rings is 1. The Morgan fingerprint density at radius 1 is 0.962 bits per heavy atom. The van der Waals surface area contributed by atoms with Crippen LogP contribution in [0.15, 0.2) is 60.9 Å². The number of carboxylic acid groups (broad SMARTS) is 1. The second-order valence-corrected chi connectivity index (χ2v) is 6.64. The van der Waals surface area contributed by atoms with Crippen LogP contribution in [0, 0.1) is 23.7 Å². The van der Waals surface area contributed by atoms with Gasteiger partial charge in [-0.2, -0.15) is 0 Å². The Kier molecular flexibility index (Phi) is 4.16. The fraction of sp³-hybridized carbons (Fsp3) is 0.250. The monoisotopic (exact) mass is 350 g/mol. The number of allylic oxidation sites excluding steroid dienone is 2. The maximum absolute atomic E-state index is 12.6. The van der Waals surface area contributed by atoms with Crippen molar-refractivity contribution in [2.75, 3.05) is 5.32 Å². The van der Waals surface area contributed by atoms with Crippen molar-refractivity contribution in [2.24, 2.45) is 23.7 Å². The van der Waals surface area contributed by atoms with Gasteiger partial charge in [0, 0.05) is 18.1 Å². The van der Waals surface area contributed by atoms with Crippen LogP contribution in [-0.2, 0) is 9.59 Å². The van der Waals surface area contributed by atoms with Crippen molar-refractivity contribution < 1.29 is 19.4 Å². The minimum atomic E-state index is -0.900. The van der Waals surface area contributed by atoms with E-state index in [-0.39, 0.29) is 17.7 Å². The zero-order valence-corrected chi connectivity index (χ0v) is 13.9. The molecule has 6 nitrogen and oxygen atoms in total. The second kappa shape index (κ2) is 6.63. The molecule has 4 atom stereocenters. The number of carbonyl (C=O) groups excluding carboxylic acids is 1. The summed E-state index contributed by atoms with van der Waals surface area (Å²) in [6.45, 7) is 0. The number of hydrogen-bond acceptors (Lipinski definition) is 4. The Morgan fingerprint density at radius 2 is 1.58 bits per heavy atom. The molecule has 1 saturated carbocycles. The molecule has 0 aliphatic heterocycles. The molecule has 1 aromatic heterocycles. The molecule has 1 amide bonds. The number of aliphatic carboxylic acids is 1. The average molecular weight is 350 g/mol. The molecule has 2 N–H and O–H groups in total. The Morgan fingerprint density at radius 3 is 2.23 bits per heavy atom. The smallest absolute Gasteiger partial charge is 0.307 e. The normalized spacial score (nSPS) is 25.8. The molecule has 4 rings (SSSR count). The van der Waals surface area contributed by atoms with E-state index in [0.717, 1.165) is 6.42 Å². The van der Waals surface area contributed by atoms with Crippen LogP contribution in [0.1, 0.15) is 6.42 Å². The lowest BCUT2D eigenvalue weighted by Gasteiger charge is -2.23. The van der Waals surface area contributed by atoms with Crippen molar-refractivity contribution in [1.29, 1.82) is 0 Å². The van der Waals surface area contributed by atoms with E-state index >= 15 is 0 Å². The molecule has 1 fully saturated rings. The van der Waals surface area contributed by atoms with Crippen molar-refractivity contribution >= 4 is 17.6 Å². The number of amides is 1. The van der Waals surface area contributed by atoms with Crippen LogP contribution in [0.5, 0.6) is 11.5 Å². The Balaban J connectivity index is 1.43. The zero-order chi connectivity index (χ0) is 18.1. The van der Waals surface area contributed by atoms with Crippen molar-refractivity contribution in [3.63, 3.8) is 0 Å². The molecule has 26 heavy (non-hydrogen) atoms. The number of hydrogen-bond donors (Lipinski definition) is 2. The number of anilines is 1. The minimum Gasteiger partial charge on any atom is -0.481 e. The number of benzene rings is 1. The van der Waals surface area contributed by atoms with Gasteiger partial charge in [-0.15, -0.1) is 0 Å². The first kappa shape index (κ1) is 16.3. The third kappa shape index (κ3) is 3.06. The van der Waals surface area contributed by atoms with Crippen LogP contribution in [0.2, 0.25) is 0 Å². The highest BCUT2D eigenvalue weighted by atomic mass is 16.5. The van der Waals surface area contributed by atoms with Gasteiger partial charge in [-0.25, -0.2) is 0 Å². The molecule has 0 radical (unpaired) electrons. The summed E-state index contributed by atoms with van der Waals surface area (Å²) >= 11 is 0. The highest BCUT2D eigenvalue weighted by Gasteiger charge is 2.51. The summed E-state index contributed by atoms with van der Waals surface area (Å²) in [5.41, 5.74) is 0.618. The van der Waals surface area contributed by atoms with Gasteiger partial charge in [0.25, 0.3) is 0 Å². The summed E-state index contributed by atoms with van der Waals surface area (Å²) in [5, 5.41) is 12.3. The zero-order valence-electron chi connectivity index (χ0n) is 13.9. The molecular weight excluding hydrogens is 332 g/mol. The van der Waals surface area contributed by atoms with Gasteiger partial charge in [-0.1, -0.05) is 12.2 Å². The Hall–Kier alpha value is -3.15. The van der Waals surface area contributed by atoms with Crippen LogP contribution >= 0.6 is 0 Å². The van der Waals surface area contributed by atoms with E-state index < -0.39 is 17.8 Å². The lowest BCUT2D eigenvalue weighted by atomic mass is 9.82. The van der Waals surface area contributed by atoms with Crippen LogP contribution < -0.4 is 10.1 Å². The van der Waals surface area contributed by atoms with Gasteiger partial charge in [0.2, 0.25) is 5.91 Å². The standard InChI is InChI=1S/C20H18N2O4/c23-19(17-12-1-2-13(11-12)18(17)20(24)25)22-14-3-5-15(6-4-14)26-16-7-9-21-10-8-16/h1-10,12-13,17-18H,11H2,(H,22,23)(H,24,25)/t12-,13-,17-,18-/m0/s1. The molecule has 2 aliphatic rings. The first-order valence-electron chi connectivity index (χ1n) is 8.52. The molecule has 1 heterocycles. The Labute approximate surface area is 150 Å². The Bertz CT molecular complexity index is 848. The van der Waals surface area contributed by atoms with Crippen LogP contribution in [0.3, 0.4) is 0 Å². The first-order chi connectivity index (χ1) is 12.6. The number of carbonyl (C=O) groups is 2. The van der Waals surface area contributed by atoms with Crippen molar-refractivity contribution in [3.05, 3.63) is 60.9 Å². The molecule has 2 aliphatic carbocycles. The lowest BCUT2D eigenvalue weighted by Crippen LogP contribution is -2.36. The molecule has 132 valence electrons. The number of fused-ring (bicyclic) bond motifs is 2. The largest absolute Gasteiger partial charge is 0.481 e. The number of ether oxygens (including phenoxy) is 1. The molecule has 2 aromatic rings. The summed E-state index contributed by atoms with van der Waals surface area (Å²) in [6.07, 6.45) is 7.94. The summed E-state index contributed by atoms with van der Waals surface area (Å²) in [5.74, 6) is -1.01. The van der Waals surface area contributed by atoms with E-state index in [4.69, 9.17) is 4.74 Å². The lowest BCUT2D eigenvalue weighted by molar-refractivity contribution is -0.146. The quantitative estimate of drug-likeness (QED) is 0.808. The van der Waals surface area contributed by atoms with Gasteiger partial charge in [0.05, 0.1) is 11.8 Å². The van der Waals surface area contributed by atoms with E-state index in [9.17, 15) is 14.7 Å². The van der Waals surface area contributed by atoms with Gasteiger partial charge >= 0.3 is 5.97 Å². The molecule has 2 bridgehead atoms. The summed E-state index contributed by atoms with van der Waals surface area (Å²) in [7, 11) is 0. The number of aromatic nitrogens is 1. The summed E-state index contributed by atoms with van der Waals surface area (Å²) in [6, 6.07) is 10.5. The average Bonchev–Trinajstić information content (AvgIpc) is 3.25.